The summed E-state index contributed by atoms with van der Waals surface area (Å²) >= 11 is 0. The van der Waals surface area contributed by atoms with Crippen LogP contribution in [0, 0.1) is 0 Å². The van der Waals surface area contributed by atoms with Gasteiger partial charge in [-0.25, -0.2) is 4.98 Å². The number of nitrogens with two attached hydrogens (primary N) is 1. The molecule has 1 saturated carbocycles. The molecular weight excluding hydrogens is 256 g/mol. The number of hydrogen-bond donors (Lipinski definition) is 3. The summed E-state index contributed by atoms with van der Waals surface area (Å²) in [5, 5.41) is 3.79. The summed E-state index contributed by atoms with van der Waals surface area (Å²) in [7, 11) is 1.73. The van der Waals surface area contributed by atoms with Crippen molar-refractivity contribution in [1.29, 1.82) is 0 Å². The van der Waals surface area contributed by atoms with Gasteiger partial charge in [-0.2, -0.15) is 0 Å². The van der Waals surface area contributed by atoms with E-state index in [4.69, 9.17) is 10.5 Å². The molecule has 20 heavy (non-hydrogen) atoms. The standard InChI is InChI=1S/C14H18N4O2/c1-20-10-4-3-9(7-10)16-14-17-12-5-2-8(15)6-11(12)13(19)18-14/h2,5-6,9-10H,3-4,7,15H2,1H3,(H2,16,17,18,19). The Morgan fingerprint density at radius 2 is 2.30 bits per heavy atom. The minimum Gasteiger partial charge on any atom is -0.399 e. The first-order valence-corrected chi connectivity index (χ1v) is 6.74. The van der Waals surface area contributed by atoms with Gasteiger partial charge in [-0.15, -0.1) is 0 Å². The van der Waals surface area contributed by atoms with Crippen molar-refractivity contribution in [3.8, 4) is 0 Å². The molecule has 4 N–H and O–H groups in total. The molecule has 2 aromatic rings. The van der Waals surface area contributed by atoms with E-state index in [1.54, 1.807) is 25.3 Å². The predicted octanol–water partition coefficient (Wildman–Crippen LogP) is 1.48. The highest BCUT2D eigenvalue weighted by molar-refractivity contribution is 5.81. The number of rotatable bonds is 3. The van der Waals surface area contributed by atoms with Crippen LogP contribution in [0.3, 0.4) is 0 Å². The fraction of sp³-hybridized carbons (Fsp3) is 0.429. The lowest BCUT2D eigenvalue weighted by atomic mass is 10.2. The molecule has 3 rings (SSSR count). The largest absolute Gasteiger partial charge is 0.399 e. The van der Waals surface area contributed by atoms with Gasteiger partial charge in [0.2, 0.25) is 5.95 Å². The summed E-state index contributed by atoms with van der Waals surface area (Å²) < 4.78 is 5.34. The van der Waals surface area contributed by atoms with Crippen molar-refractivity contribution in [2.75, 3.05) is 18.2 Å². The zero-order valence-corrected chi connectivity index (χ0v) is 11.3. The lowest BCUT2D eigenvalue weighted by Crippen LogP contribution is -2.21. The molecule has 0 spiro atoms. The molecule has 1 heterocycles. The van der Waals surface area contributed by atoms with Crippen molar-refractivity contribution in [3.05, 3.63) is 28.6 Å². The number of methoxy groups -OCH3 is 1. The van der Waals surface area contributed by atoms with Gasteiger partial charge in [0, 0.05) is 18.8 Å². The van der Waals surface area contributed by atoms with Crippen molar-refractivity contribution >= 4 is 22.5 Å². The van der Waals surface area contributed by atoms with Gasteiger partial charge in [0.25, 0.3) is 5.56 Å². The Kier molecular flexibility index (Phi) is 3.31. The zero-order chi connectivity index (χ0) is 14.1. The van der Waals surface area contributed by atoms with Crippen LogP contribution in [0.15, 0.2) is 23.0 Å². The molecule has 6 nitrogen and oxygen atoms in total. The number of nitrogen functional groups attached to an aromatic ring is 1. The summed E-state index contributed by atoms with van der Waals surface area (Å²) in [4.78, 5) is 19.2. The average molecular weight is 274 g/mol. The molecule has 0 bridgehead atoms. The number of aromatic amines is 1. The fourth-order valence-electron chi connectivity index (χ4n) is 2.70. The van der Waals surface area contributed by atoms with Crippen molar-refractivity contribution in [2.45, 2.75) is 31.4 Å². The molecule has 6 heteroatoms. The molecule has 0 aliphatic heterocycles. The smallest absolute Gasteiger partial charge is 0.260 e. The number of anilines is 2. The number of nitrogens with zero attached hydrogens (tertiary/aromatic N) is 1. The number of benzene rings is 1. The van der Waals surface area contributed by atoms with Gasteiger partial charge in [-0.3, -0.25) is 9.78 Å². The van der Waals surface area contributed by atoms with Crippen LogP contribution < -0.4 is 16.6 Å². The highest BCUT2D eigenvalue weighted by Gasteiger charge is 2.24. The van der Waals surface area contributed by atoms with E-state index >= 15 is 0 Å². The van der Waals surface area contributed by atoms with Gasteiger partial charge >= 0.3 is 0 Å². The number of H-pyrrole nitrogens is 1. The Morgan fingerprint density at radius 3 is 3.05 bits per heavy atom. The first-order chi connectivity index (χ1) is 9.65. The SMILES string of the molecule is COC1CCC(Nc2nc3ccc(N)cc3c(=O)[nH]2)C1. The van der Waals surface area contributed by atoms with Crippen molar-refractivity contribution in [1.82, 2.24) is 9.97 Å². The Bertz CT molecular complexity index is 682. The molecule has 1 aliphatic rings. The van der Waals surface area contributed by atoms with Gasteiger partial charge in [0.1, 0.15) is 0 Å². The lowest BCUT2D eigenvalue weighted by molar-refractivity contribution is 0.108. The number of ether oxygens (including phenoxy) is 1. The second-order valence-electron chi connectivity index (χ2n) is 5.20. The van der Waals surface area contributed by atoms with Crippen LogP contribution in [0.25, 0.3) is 10.9 Å². The summed E-state index contributed by atoms with van der Waals surface area (Å²) in [5.41, 5.74) is 6.71. The minimum absolute atomic E-state index is 0.175. The molecule has 0 amide bonds. The van der Waals surface area contributed by atoms with E-state index < -0.39 is 0 Å². The number of hydrogen-bond acceptors (Lipinski definition) is 5. The molecule has 2 atom stereocenters. The molecule has 1 aromatic heterocycles. The Morgan fingerprint density at radius 1 is 1.45 bits per heavy atom. The molecular formula is C14H18N4O2. The molecule has 106 valence electrons. The number of aromatic nitrogens is 2. The van der Waals surface area contributed by atoms with Gasteiger partial charge in [0.15, 0.2) is 0 Å². The van der Waals surface area contributed by atoms with E-state index in [9.17, 15) is 4.79 Å². The maximum absolute atomic E-state index is 12.0. The maximum atomic E-state index is 12.0. The fourth-order valence-corrected chi connectivity index (χ4v) is 2.70. The van der Waals surface area contributed by atoms with Crippen molar-refractivity contribution in [3.63, 3.8) is 0 Å². The minimum atomic E-state index is -0.175. The molecule has 1 aliphatic carbocycles. The highest BCUT2D eigenvalue weighted by Crippen LogP contribution is 2.24. The number of fused-ring (bicyclic) bond motifs is 1. The summed E-state index contributed by atoms with van der Waals surface area (Å²) in [6, 6.07) is 5.43. The highest BCUT2D eigenvalue weighted by atomic mass is 16.5. The molecule has 2 unspecified atom stereocenters. The molecule has 1 aromatic carbocycles. The molecule has 0 saturated heterocycles. The van der Waals surface area contributed by atoms with E-state index in [0.29, 0.717) is 28.6 Å². The molecule has 0 radical (unpaired) electrons. The summed E-state index contributed by atoms with van der Waals surface area (Å²) in [6.45, 7) is 0. The average Bonchev–Trinajstić information content (AvgIpc) is 2.87. The van der Waals surface area contributed by atoms with Gasteiger partial charge in [-0.1, -0.05) is 0 Å². The monoisotopic (exact) mass is 274 g/mol. The summed E-state index contributed by atoms with van der Waals surface area (Å²) in [6.07, 6.45) is 3.27. The van der Waals surface area contributed by atoms with Crippen LogP contribution in [0.2, 0.25) is 0 Å². The third-order valence-electron chi connectivity index (χ3n) is 3.79. The predicted molar refractivity (Wildman–Crippen MR) is 78.8 cm³/mol. The Hall–Kier alpha value is -2.08. The zero-order valence-electron chi connectivity index (χ0n) is 11.3. The topological polar surface area (TPSA) is 93.0 Å². The Balaban J connectivity index is 1.86. The van der Waals surface area contributed by atoms with Crippen LogP contribution >= 0.6 is 0 Å². The van der Waals surface area contributed by atoms with Crippen molar-refractivity contribution in [2.24, 2.45) is 0 Å². The van der Waals surface area contributed by atoms with Crippen LogP contribution in [0.4, 0.5) is 11.6 Å². The van der Waals surface area contributed by atoms with Crippen molar-refractivity contribution < 1.29 is 4.74 Å². The third-order valence-corrected chi connectivity index (χ3v) is 3.79. The Labute approximate surface area is 116 Å². The van der Waals surface area contributed by atoms with E-state index in [1.165, 1.54) is 0 Å². The normalized spacial score (nSPS) is 22.2. The first kappa shape index (κ1) is 12.9. The van der Waals surface area contributed by atoms with Crippen LogP contribution in [-0.2, 0) is 4.74 Å². The van der Waals surface area contributed by atoms with Gasteiger partial charge in [0.05, 0.1) is 17.0 Å². The maximum Gasteiger partial charge on any atom is 0.260 e. The van der Waals surface area contributed by atoms with E-state index in [-0.39, 0.29) is 11.6 Å². The summed E-state index contributed by atoms with van der Waals surface area (Å²) in [5.74, 6) is 0.508. The number of nitrogens with one attached hydrogen (secondary N) is 2. The van der Waals surface area contributed by atoms with E-state index in [1.807, 2.05) is 0 Å². The molecule has 1 fully saturated rings. The van der Waals surface area contributed by atoms with Crippen LogP contribution in [0.5, 0.6) is 0 Å². The second kappa shape index (κ2) is 5.13. The second-order valence-corrected chi connectivity index (χ2v) is 5.20. The van der Waals surface area contributed by atoms with Gasteiger partial charge < -0.3 is 15.8 Å². The van der Waals surface area contributed by atoms with E-state index in [2.05, 4.69) is 15.3 Å². The quantitative estimate of drug-likeness (QED) is 0.737. The van der Waals surface area contributed by atoms with Crippen LogP contribution in [-0.4, -0.2) is 29.2 Å². The third kappa shape index (κ3) is 2.46. The first-order valence-electron chi connectivity index (χ1n) is 6.74. The van der Waals surface area contributed by atoms with Crippen LogP contribution in [0.1, 0.15) is 19.3 Å². The van der Waals surface area contributed by atoms with Gasteiger partial charge in [-0.05, 0) is 37.5 Å². The van der Waals surface area contributed by atoms with E-state index in [0.717, 1.165) is 19.3 Å². The lowest BCUT2D eigenvalue weighted by Gasteiger charge is -2.13.